The molecule has 24 heavy (non-hydrogen) atoms. The van der Waals surface area contributed by atoms with Gasteiger partial charge in [-0.15, -0.1) is 11.3 Å². The molecule has 1 aromatic heterocycles. The molecule has 0 aliphatic carbocycles. The van der Waals surface area contributed by atoms with Crippen molar-refractivity contribution in [1.82, 2.24) is 9.29 Å². The van der Waals surface area contributed by atoms with Gasteiger partial charge < -0.3 is 4.90 Å². The fourth-order valence-electron chi connectivity index (χ4n) is 3.05. The molecule has 4 rings (SSSR count). The van der Waals surface area contributed by atoms with Crippen molar-refractivity contribution in [1.29, 1.82) is 0 Å². The predicted molar refractivity (Wildman–Crippen MR) is 97.0 cm³/mol. The lowest BCUT2D eigenvalue weighted by atomic mass is 10.1. The van der Waals surface area contributed by atoms with Crippen LogP contribution in [0, 0.1) is 0 Å². The van der Waals surface area contributed by atoms with Gasteiger partial charge in [0, 0.05) is 43.1 Å². The third kappa shape index (κ3) is 2.68. The zero-order chi connectivity index (χ0) is 16.6. The second-order valence-corrected chi connectivity index (χ2v) is 8.46. The van der Waals surface area contributed by atoms with Gasteiger partial charge in [0.15, 0.2) is 5.13 Å². The molecule has 0 amide bonds. The smallest absolute Gasteiger partial charge is 0.243 e. The Balaban J connectivity index is 1.62. The fraction of sp³-hybridized carbons (Fsp3) is 0.235. The quantitative estimate of drug-likeness (QED) is 0.722. The number of hydrogen-bond donors (Lipinski definition) is 0. The Labute approximate surface area is 145 Å². The number of nitrogens with zero attached hydrogens (tertiary/aromatic N) is 3. The first-order chi connectivity index (χ1) is 11.7. The first kappa shape index (κ1) is 15.6. The van der Waals surface area contributed by atoms with E-state index >= 15 is 0 Å². The SMILES string of the molecule is O=S(=O)(c1cccc2ccccc12)N1CCN(c2nccs2)CC1. The van der Waals surface area contributed by atoms with Crippen molar-refractivity contribution in [2.75, 3.05) is 31.1 Å². The van der Waals surface area contributed by atoms with Gasteiger partial charge >= 0.3 is 0 Å². The second kappa shape index (κ2) is 6.16. The molecule has 0 saturated carbocycles. The van der Waals surface area contributed by atoms with Gasteiger partial charge in [-0.25, -0.2) is 13.4 Å². The van der Waals surface area contributed by atoms with Gasteiger partial charge in [-0.1, -0.05) is 36.4 Å². The highest BCUT2D eigenvalue weighted by Gasteiger charge is 2.30. The summed E-state index contributed by atoms with van der Waals surface area (Å²) < 4.78 is 27.8. The summed E-state index contributed by atoms with van der Waals surface area (Å²) >= 11 is 1.58. The van der Waals surface area contributed by atoms with Crippen LogP contribution in [-0.2, 0) is 10.0 Å². The molecule has 5 nitrogen and oxygen atoms in total. The van der Waals surface area contributed by atoms with E-state index in [0.717, 1.165) is 15.9 Å². The molecule has 2 heterocycles. The van der Waals surface area contributed by atoms with E-state index in [0.29, 0.717) is 31.1 Å². The average molecular weight is 359 g/mol. The Morgan fingerprint density at radius 3 is 2.46 bits per heavy atom. The molecule has 0 N–H and O–H groups in total. The molecule has 1 aliphatic rings. The summed E-state index contributed by atoms with van der Waals surface area (Å²) in [7, 11) is -3.49. The van der Waals surface area contributed by atoms with Gasteiger partial charge in [0.2, 0.25) is 10.0 Å². The van der Waals surface area contributed by atoms with Gasteiger partial charge in [0.1, 0.15) is 0 Å². The molecule has 0 bridgehead atoms. The maximum Gasteiger partial charge on any atom is 0.243 e. The molecule has 124 valence electrons. The molecule has 3 aromatic rings. The van der Waals surface area contributed by atoms with E-state index in [1.807, 2.05) is 35.7 Å². The lowest BCUT2D eigenvalue weighted by molar-refractivity contribution is 0.385. The highest BCUT2D eigenvalue weighted by atomic mass is 32.2. The summed E-state index contributed by atoms with van der Waals surface area (Å²) in [6, 6.07) is 13.1. The minimum atomic E-state index is -3.49. The molecular weight excluding hydrogens is 342 g/mol. The maximum absolute atomic E-state index is 13.1. The standard InChI is InChI=1S/C17H17N3O2S2/c21-24(22,16-7-3-5-14-4-1-2-6-15(14)16)20-11-9-19(10-12-20)17-18-8-13-23-17/h1-8,13H,9-12H2. The second-order valence-electron chi connectivity index (χ2n) is 5.68. The van der Waals surface area contributed by atoms with Crippen LogP contribution in [0.2, 0.25) is 0 Å². The third-order valence-electron chi connectivity index (χ3n) is 4.30. The number of aromatic nitrogens is 1. The molecule has 1 fully saturated rings. The van der Waals surface area contributed by atoms with Crippen LogP contribution in [0.3, 0.4) is 0 Å². The Kier molecular flexibility index (Phi) is 3.99. The number of fused-ring (bicyclic) bond motifs is 1. The summed E-state index contributed by atoms with van der Waals surface area (Å²) in [4.78, 5) is 6.83. The maximum atomic E-state index is 13.1. The molecule has 2 aromatic carbocycles. The van der Waals surface area contributed by atoms with Crippen molar-refractivity contribution in [2.24, 2.45) is 0 Å². The zero-order valence-electron chi connectivity index (χ0n) is 13.0. The van der Waals surface area contributed by atoms with Gasteiger partial charge in [0.25, 0.3) is 0 Å². The lowest BCUT2D eigenvalue weighted by Crippen LogP contribution is -2.48. The Bertz CT molecular complexity index is 942. The molecule has 0 unspecified atom stereocenters. The fourth-order valence-corrected chi connectivity index (χ4v) is 5.38. The molecule has 1 saturated heterocycles. The van der Waals surface area contributed by atoms with E-state index in [1.54, 1.807) is 34.0 Å². The summed E-state index contributed by atoms with van der Waals surface area (Å²) in [5.41, 5.74) is 0. The number of thiazole rings is 1. The number of hydrogen-bond acceptors (Lipinski definition) is 5. The summed E-state index contributed by atoms with van der Waals surface area (Å²) in [6.07, 6.45) is 1.78. The van der Waals surface area contributed by atoms with Crippen LogP contribution >= 0.6 is 11.3 Å². The summed E-state index contributed by atoms with van der Waals surface area (Å²) in [6.45, 7) is 2.28. The number of benzene rings is 2. The van der Waals surface area contributed by atoms with E-state index in [1.165, 1.54) is 0 Å². The van der Waals surface area contributed by atoms with Crippen molar-refractivity contribution in [3.8, 4) is 0 Å². The van der Waals surface area contributed by atoms with Crippen LogP contribution in [0.5, 0.6) is 0 Å². The van der Waals surface area contributed by atoms with E-state index in [2.05, 4.69) is 9.88 Å². The topological polar surface area (TPSA) is 53.5 Å². The van der Waals surface area contributed by atoms with Crippen molar-refractivity contribution in [3.63, 3.8) is 0 Å². The van der Waals surface area contributed by atoms with Crippen LogP contribution in [0.1, 0.15) is 0 Å². The van der Waals surface area contributed by atoms with Gasteiger partial charge in [-0.3, -0.25) is 0 Å². The van der Waals surface area contributed by atoms with Crippen molar-refractivity contribution in [2.45, 2.75) is 4.90 Å². The van der Waals surface area contributed by atoms with Crippen LogP contribution in [0.25, 0.3) is 10.8 Å². The van der Waals surface area contributed by atoms with Crippen LogP contribution < -0.4 is 4.90 Å². The zero-order valence-corrected chi connectivity index (χ0v) is 14.6. The Morgan fingerprint density at radius 1 is 0.958 bits per heavy atom. The number of sulfonamides is 1. The highest BCUT2D eigenvalue weighted by molar-refractivity contribution is 7.89. The molecule has 0 spiro atoms. The number of anilines is 1. The average Bonchev–Trinajstić information content (AvgIpc) is 3.16. The van der Waals surface area contributed by atoms with E-state index in [9.17, 15) is 8.42 Å². The monoisotopic (exact) mass is 359 g/mol. The first-order valence-corrected chi connectivity index (χ1v) is 10.1. The third-order valence-corrected chi connectivity index (χ3v) is 7.08. The lowest BCUT2D eigenvalue weighted by Gasteiger charge is -2.34. The number of piperazine rings is 1. The van der Waals surface area contributed by atoms with E-state index in [4.69, 9.17) is 0 Å². The Morgan fingerprint density at radius 2 is 1.71 bits per heavy atom. The summed E-state index contributed by atoms with van der Waals surface area (Å²) in [5.74, 6) is 0. The highest BCUT2D eigenvalue weighted by Crippen LogP contribution is 2.27. The van der Waals surface area contributed by atoms with Crippen LogP contribution in [0.4, 0.5) is 5.13 Å². The predicted octanol–water partition coefficient (Wildman–Crippen LogP) is 2.81. The summed E-state index contributed by atoms with van der Waals surface area (Å²) in [5, 5.41) is 4.62. The molecular formula is C17H17N3O2S2. The van der Waals surface area contributed by atoms with Crippen molar-refractivity contribution >= 4 is 37.3 Å². The van der Waals surface area contributed by atoms with E-state index < -0.39 is 10.0 Å². The first-order valence-electron chi connectivity index (χ1n) is 7.78. The number of rotatable bonds is 3. The minimum Gasteiger partial charge on any atom is -0.345 e. The van der Waals surface area contributed by atoms with Crippen LogP contribution in [0.15, 0.2) is 58.9 Å². The molecule has 0 atom stereocenters. The van der Waals surface area contributed by atoms with E-state index in [-0.39, 0.29) is 0 Å². The normalized spacial score (nSPS) is 16.6. The molecule has 1 aliphatic heterocycles. The van der Waals surface area contributed by atoms with Gasteiger partial charge in [-0.05, 0) is 11.5 Å². The van der Waals surface area contributed by atoms with Crippen LogP contribution in [-0.4, -0.2) is 43.9 Å². The minimum absolute atomic E-state index is 0.392. The largest absolute Gasteiger partial charge is 0.345 e. The van der Waals surface area contributed by atoms with Crippen molar-refractivity contribution in [3.05, 3.63) is 54.0 Å². The van der Waals surface area contributed by atoms with Gasteiger partial charge in [-0.2, -0.15) is 4.31 Å². The molecule has 7 heteroatoms. The van der Waals surface area contributed by atoms with Crippen molar-refractivity contribution < 1.29 is 8.42 Å². The molecule has 0 radical (unpaired) electrons. The van der Waals surface area contributed by atoms with Gasteiger partial charge in [0.05, 0.1) is 4.90 Å². The Hall–Kier alpha value is -1.96.